The molecule has 0 bridgehead atoms. The maximum Gasteiger partial charge on any atom is 0.226 e. The van der Waals surface area contributed by atoms with E-state index in [4.69, 9.17) is 10.5 Å². The molecule has 98 valence electrons. The third kappa shape index (κ3) is 3.82. The Morgan fingerprint density at radius 1 is 1.39 bits per heavy atom. The SMILES string of the molecule is NCCc1ccc(NC(=O)CC2CCCO2)cc1. The number of hydrogen-bond acceptors (Lipinski definition) is 3. The standard InChI is InChI=1S/C14H20N2O2/c15-8-7-11-3-5-12(6-4-11)16-14(17)10-13-2-1-9-18-13/h3-6,13H,1-2,7-10,15H2,(H,16,17). The van der Waals surface area contributed by atoms with Crippen molar-refractivity contribution < 1.29 is 9.53 Å². The Kier molecular flexibility index (Phi) is 4.73. The molecule has 18 heavy (non-hydrogen) atoms. The lowest BCUT2D eigenvalue weighted by Gasteiger charge is -2.10. The number of carbonyl (C=O) groups is 1. The van der Waals surface area contributed by atoms with E-state index in [0.717, 1.165) is 31.6 Å². The van der Waals surface area contributed by atoms with Gasteiger partial charge in [-0.3, -0.25) is 4.79 Å². The van der Waals surface area contributed by atoms with Crippen LogP contribution >= 0.6 is 0 Å². The minimum absolute atomic E-state index is 0.0217. The lowest BCUT2D eigenvalue weighted by atomic mass is 10.1. The third-order valence-corrected chi connectivity index (χ3v) is 3.11. The zero-order valence-electron chi connectivity index (χ0n) is 10.5. The number of carbonyl (C=O) groups excluding carboxylic acids is 1. The van der Waals surface area contributed by atoms with Crippen molar-refractivity contribution in [3.63, 3.8) is 0 Å². The molecule has 1 unspecified atom stereocenters. The number of anilines is 1. The zero-order valence-corrected chi connectivity index (χ0v) is 10.5. The third-order valence-electron chi connectivity index (χ3n) is 3.11. The highest BCUT2D eigenvalue weighted by molar-refractivity contribution is 5.91. The van der Waals surface area contributed by atoms with Gasteiger partial charge in [-0.05, 0) is 43.5 Å². The molecule has 3 N–H and O–H groups in total. The first-order valence-corrected chi connectivity index (χ1v) is 6.48. The van der Waals surface area contributed by atoms with Crippen LogP contribution in [-0.2, 0) is 16.0 Å². The fourth-order valence-corrected chi connectivity index (χ4v) is 2.15. The van der Waals surface area contributed by atoms with Gasteiger partial charge in [0.2, 0.25) is 5.91 Å². The van der Waals surface area contributed by atoms with Gasteiger partial charge < -0.3 is 15.8 Å². The van der Waals surface area contributed by atoms with Crippen LogP contribution < -0.4 is 11.1 Å². The summed E-state index contributed by atoms with van der Waals surface area (Å²) in [6.07, 6.45) is 3.46. The van der Waals surface area contributed by atoms with Crippen molar-refractivity contribution >= 4 is 11.6 Å². The van der Waals surface area contributed by atoms with E-state index < -0.39 is 0 Å². The summed E-state index contributed by atoms with van der Waals surface area (Å²) >= 11 is 0. The van der Waals surface area contributed by atoms with Crippen LogP contribution in [0.1, 0.15) is 24.8 Å². The molecule has 0 aliphatic carbocycles. The van der Waals surface area contributed by atoms with Crippen LogP contribution in [0.5, 0.6) is 0 Å². The number of nitrogens with one attached hydrogen (secondary N) is 1. The Bertz CT molecular complexity index is 383. The van der Waals surface area contributed by atoms with E-state index >= 15 is 0 Å². The van der Waals surface area contributed by atoms with Crippen LogP contribution in [0.2, 0.25) is 0 Å². The van der Waals surface area contributed by atoms with Gasteiger partial charge in [0.1, 0.15) is 0 Å². The van der Waals surface area contributed by atoms with E-state index in [-0.39, 0.29) is 12.0 Å². The number of rotatable bonds is 5. The second-order valence-corrected chi connectivity index (χ2v) is 4.62. The molecule has 0 radical (unpaired) electrons. The number of amides is 1. The van der Waals surface area contributed by atoms with Crippen LogP contribution in [-0.4, -0.2) is 25.2 Å². The smallest absolute Gasteiger partial charge is 0.226 e. The molecule has 1 heterocycles. The molecule has 2 rings (SSSR count). The highest BCUT2D eigenvalue weighted by Crippen LogP contribution is 2.16. The molecule has 1 aliphatic heterocycles. The quantitative estimate of drug-likeness (QED) is 0.833. The molecule has 0 aromatic heterocycles. The Labute approximate surface area is 108 Å². The molecule has 0 spiro atoms. The van der Waals surface area contributed by atoms with E-state index in [1.54, 1.807) is 0 Å². The highest BCUT2D eigenvalue weighted by atomic mass is 16.5. The van der Waals surface area contributed by atoms with E-state index in [0.29, 0.717) is 13.0 Å². The van der Waals surface area contributed by atoms with Gasteiger partial charge in [0.05, 0.1) is 12.5 Å². The largest absolute Gasteiger partial charge is 0.378 e. The molecule has 1 aliphatic rings. The summed E-state index contributed by atoms with van der Waals surface area (Å²) < 4.78 is 5.44. The summed E-state index contributed by atoms with van der Waals surface area (Å²) in [6.45, 7) is 1.43. The first kappa shape index (κ1) is 13.1. The predicted molar refractivity (Wildman–Crippen MR) is 71.4 cm³/mol. The van der Waals surface area contributed by atoms with Gasteiger partial charge in [-0.2, -0.15) is 0 Å². The average molecular weight is 248 g/mol. The lowest BCUT2D eigenvalue weighted by Crippen LogP contribution is -2.19. The topological polar surface area (TPSA) is 64.3 Å². The Morgan fingerprint density at radius 3 is 2.78 bits per heavy atom. The van der Waals surface area contributed by atoms with Crippen LogP contribution in [0.25, 0.3) is 0 Å². The van der Waals surface area contributed by atoms with Crippen molar-refractivity contribution in [2.75, 3.05) is 18.5 Å². The van der Waals surface area contributed by atoms with Crippen LogP contribution in [0, 0.1) is 0 Å². The monoisotopic (exact) mass is 248 g/mol. The van der Waals surface area contributed by atoms with Crippen molar-refractivity contribution in [1.29, 1.82) is 0 Å². The minimum atomic E-state index is 0.0217. The summed E-state index contributed by atoms with van der Waals surface area (Å²) in [5.41, 5.74) is 7.51. The first-order valence-electron chi connectivity index (χ1n) is 6.48. The van der Waals surface area contributed by atoms with Gasteiger partial charge in [0, 0.05) is 12.3 Å². The van der Waals surface area contributed by atoms with Gasteiger partial charge in [-0.1, -0.05) is 12.1 Å². The average Bonchev–Trinajstić information content (AvgIpc) is 2.84. The maximum absolute atomic E-state index is 11.8. The normalized spacial score (nSPS) is 18.8. The van der Waals surface area contributed by atoms with E-state index in [2.05, 4.69) is 5.32 Å². The summed E-state index contributed by atoms with van der Waals surface area (Å²) in [6, 6.07) is 7.82. The maximum atomic E-state index is 11.8. The molecule has 1 aromatic carbocycles. The van der Waals surface area contributed by atoms with Crippen LogP contribution in [0.4, 0.5) is 5.69 Å². The van der Waals surface area contributed by atoms with E-state index in [9.17, 15) is 4.79 Å². The summed E-state index contributed by atoms with van der Waals surface area (Å²) in [5.74, 6) is 0.0217. The minimum Gasteiger partial charge on any atom is -0.378 e. The lowest BCUT2D eigenvalue weighted by molar-refractivity contribution is -0.118. The van der Waals surface area contributed by atoms with Gasteiger partial charge in [0.25, 0.3) is 0 Å². The van der Waals surface area contributed by atoms with Crippen LogP contribution in [0.3, 0.4) is 0 Å². The van der Waals surface area contributed by atoms with Crippen molar-refractivity contribution in [2.45, 2.75) is 31.8 Å². The molecular weight excluding hydrogens is 228 g/mol. The van der Waals surface area contributed by atoms with Gasteiger partial charge in [-0.15, -0.1) is 0 Å². The molecule has 4 heteroatoms. The van der Waals surface area contributed by atoms with Crippen molar-refractivity contribution in [2.24, 2.45) is 5.73 Å². The van der Waals surface area contributed by atoms with Gasteiger partial charge >= 0.3 is 0 Å². The molecular formula is C14H20N2O2. The highest BCUT2D eigenvalue weighted by Gasteiger charge is 2.18. The molecule has 1 atom stereocenters. The van der Waals surface area contributed by atoms with Crippen molar-refractivity contribution in [1.82, 2.24) is 0 Å². The molecule has 0 saturated carbocycles. The molecule has 1 aromatic rings. The van der Waals surface area contributed by atoms with Crippen molar-refractivity contribution in [3.8, 4) is 0 Å². The number of hydrogen-bond donors (Lipinski definition) is 2. The Hall–Kier alpha value is -1.39. The summed E-state index contributed by atoms with van der Waals surface area (Å²) in [5, 5.41) is 2.89. The number of benzene rings is 1. The van der Waals surface area contributed by atoms with E-state index in [1.165, 1.54) is 5.56 Å². The second kappa shape index (κ2) is 6.52. The zero-order chi connectivity index (χ0) is 12.8. The number of ether oxygens (including phenoxy) is 1. The summed E-state index contributed by atoms with van der Waals surface area (Å²) in [7, 11) is 0. The van der Waals surface area contributed by atoms with E-state index in [1.807, 2.05) is 24.3 Å². The first-order chi connectivity index (χ1) is 8.78. The summed E-state index contributed by atoms with van der Waals surface area (Å²) in [4.78, 5) is 11.8. The Morgan fingerprint density at radius 2 is 2.17 bits per heavy atom. The second-order valence-electron chi connectivity index (χ2n) is 4.62. The number of nitrogens with two attached hydrogens (primary N) is 1. The molecule has 4 nitrogen and oxygen atoms in total. The predicted octanol–water partition coefficient (Wildman–Crippen LogP) is 1.70. The van der Waals surface area contributed by atoms with Gasteiger partial charge in [-0.25, -0.2) is 0 Å². The fourth-order valence-electron chi connectivity index (χ4n) is 2.15. The van der Waals surface area contributed by atoms with Crippen molar-refractivity contribution in [3.05, 3.63) is 29.8 Å². The Balaban J connectivity index is 1.82. The molecule has 1 fully saturated rings. The van der Waals surface area contributed by atoms with Crippen LogP contribution in [0.15, 0.2) is 24.3 Å². The van der Waals surface area contributed by atoms with Gasteiger partial charge in [0.15, 0.2) is 0 Å². The molecule has 1 amide bonds. The molecule has 1 saturated heterocycles. The fraction of sp³-hybridized carbons (Fsp3) is 0.500.